The third-order valence-electron chi connectivity index (χ3n) is 4.65. The normalized spacial score (nSPS) is 21.4. The van der Waals surface area contributed by atoms with Crippen molar-refractivity contribution in [3.8, 4) is 10.6 Å². The molecule has 2 heterocycles. The number of rotatable bonds is 7. The fraction of sp³-hybridized carbons (Fsp3) is 0.450. The average Bonchev–Trinajstić information content (AvgIpc) is 3.18. The summed E-state index contributed by atoms with van der Waals surface area (Å²) < 4.78 is 5.34. The van der Waals surface area contributed by atoms with Crippen molar-refractivity contribution in [1.82, 2.24) is 9.88 Å². The second-order valence-corrected chi connectivity index (χ2v) is 8.06. The number of carboxylic acid groups (broad SMARTS) is 1. The van der Waals surface area contributed by atoms with Crippen LogP contribution >= 0.6 is 11.3 Å². The molecule has 1 aliphatic heterocycles. The van der Waals surface area contributed by atoms with Crippen LogP contribution in [0, 0.1) is 5.92 Å². The van der Waals surface area contributed by atoms with Crippen LogP contribution in [-0.2, 0) is 20.7 Å². The standard InChI is InChI=1S/C20H24N2O4S/c1-12(2)9-17-20(25)26-13(3)22(17)16(19(23)24)10-15-11-27-18(21-15)14-7-5-4-6-8-14/h4-8,11-13,16-17H,9-10H2,1-3H3,(H,23,24)/t13?,16?,17-/m0/s1. The van der Waals surface area contributed by atoms with Gasteiger partial charge in [-0.15, -0.1) is 11.3 Å². The highest BCUT2D eigenvalue weighted by Gasteiger charge is 2.46. The number of hydrogen-bond acceptors (Lipinski definition) is 6. The van der Waals surface area contributed by atoms with Gasteiger partial charge in [0.05, 0.1) is 5.69 Å². The Balaban J connectivity index is 1.83. The summed E-state index contributed by atoms with van der Waals surface area (Å²) in [4.78, 5) is 30.5. The van der Waals surface area contributed by atoms with E-state index in [1.807, 2.05) is 49.6 Å². The van der Waals surface area contributed by atoms with Crippen LogP contribution in [0.15, 0.2) is 35.7 Å². The molecule has 2 unspecified atom stereocenters. The molecule has 144 valence electrons. The molecule has 0 amide bonds. The van der Waals surface area contributed by atoms with Crippen molar-refractivity contribution in [2.45, 2.75) is 51.9 Å². The fourth-order valence-electron chi connectivity index (χ4n) is 3.45. The molecule has 0 bridgehead atoms. The second kappa shape index (κ2) is 8.19. The minimum atomic E-state index is -0.969. The van der Waals surface area contributed by atoms with Gasteiger partial charge in [0.25, 0.3) is 0 Å². The van der Waals surface area contributed by atoms with Crippen LogP contribution in [0.2, 0.25) is 0 Å². The van der Waals surface area contributed by atoms with Crippen LogP contribution in [0.25, 0.3) is 10.6 Å². The lowest BCUT2D eigenvalue weighted by molar-refractivity contribution is -0.147. The number of aromatic nitrogens is 1. The van der Waals surface area contributed by atoms with E-state index in [4.69, 9.17) is 4.74 Å². The van der Waals surface area contributed by atoms with Gasteiger partial charge in [-0.25, -0.2) is 9.88 Å². The van der Waals surface area contributed by atoms with Crippen LogP contribution in [0.1, 0.15) is 32.9 Å². The van der Waals surface area contributed by atoms with Crippen molar-refractivity contribution in [2.75, 3.05) is 0 Å². The van der Waals surface area contributed by atoms with E-state index in [0.29, 0.717) is 12.1 Å². The van der Waals surface area contributed by atoms with Crippen LogP contribution in [0.5, 0.6) is 0 Å². The maximum Gasteiger partial charge on any atom is 0.325 e. The van der Waals surface area contributed by atoms with E-state index >= 15 is 0 Å². The lowest BCUT2D eigenvalue weighted by Crippen LogP contribution is -2.50. The Bertz CT molecular complexity index is 805. The Morgan fingerprint density at radius 1 is 1.33 bits per heavy atom. The van der Waals surface area contributed by atoms with Gasteiger partial charge < -0.3 is 9.84 Å². The number of carbonyl (C=O) groups is 2. The number of ether oxygens (including phenoxy) is 1. The van der Waals surface area contributed by atoms with Crippen LogP contribution < -0.4 is 0 Å². The number of carbonyl (C=O) groups excluding carboxylic acids is 1. The molecule has 1 aliphatic rings. The molecule has 3 rings (SSSR count). The van der Waals surface area contributed by atoms with E-state index in [1.54, 1.807) is 11.8 Å². The van der Waals surface area contributed by atoms with Crippen molar-refractivity contribution in [2.24, 2.45) is 5.92 Å². The first-order valence-electron chi connectivity index (χ1n) is 9.07. The molecular weight excluding hydrogens is 364 g/mol. The first-order chi connectivity index (χ1) is 12.9. The summed E-state index contributed by atoms with van der Waals surface area (Å²) in [7, 11) is 0. The van der Waals surface area contributed by atoms with Crippen LogP contribution in [0.3, 0.4) is 0 Å². The van der Waals surface area contributed by atoms with Crippen LogP contribution in [0.4, 0.5) is 0 Å². The third-order valence-corrected chi connectivity index (χ3v) is 5.59. The van der Waals surface area contributed by atoms with Crippen molar-refractivity contribution >= 4 is 23.3 Å². The van der Waals surface area contributed by atoms with Crippen molar-refractivity contribution in [3.05, 3.63) is 41.4 Å². The molecule has 0 radical (unpaired) electrons. The molecule has 27 heavy (non-hydrogen) atoms. The summed E-state index contributed by atoms with van der Waals surface area (Å²) in [5, 5.41) is 12.6. The number of aliphatic carboxylic acids is 1. The Hall–Kier alpha value is -2.25. The summed E-state index contributed by atoms with van der Waals surface area (Å²) in [6, 6.07) is 8.40. The first kappa shape index (κ1) is 19.5. The minimum absolute atomic E-state index is 0.230. The van der Waals surface area contributed by atoms with Gasteiger partial charge in [0.2, 0.25) is 0 Å². The van der Waals surface area contributed by atoms with Gasteiger partial charge in [0.1, 0.15) is 17.1 Å². The molecule has 2 aromatic rings. The minimum Gasteiger partial charge on any atom is -0.480 e. The molecule has 6 nitrogen and oxygen atoms in total. The van der Waals surface area contributed by atoms with Gasteiger partial charge in [0.15, 0.2) is 6.23 Å². The molecule has 0 saturated carbocycles. The molecule has 0 spiro atoms. The van der Waals surface area contributed by atoms with Gasteiger partial charge in [-0.1, -0.05) is 44.2 Å². The zero-order valence-corrected chi connectivity index (χ0v) is 16.5. The summed E-state index contributed by atoms with van der Waals surface area (Å²) >= 11 is 1.49. The van der Waals surface area contributed by atoms with E-state index in [-0.39, 0.29) is 18.3 Å². The van der Waals surface area contributed by atoms with Gasteiger partial charge >= 0.3 is 11.9 Å². The van der Waals surface area contributed by atoms with E-state index in [2.05, 4.69) is 4.98 Å². The SMILES string of the molecule is CC(C)C[C@H]1C(=O)OC(C)N1C(Cc1csc(-c2ccccc2)n1)C(=O)O. The maximum absolute atomic E-state index is 12.2. The molecular formula is C20H24N2O4S. The molecule has 1 fully saturated rings. The van der Waals surface area contributed by atoms with E-state index in [0.717, 1.165) is 10.6 Å². The van der Waals surface area contributed by atoms with Gasteiger partial charge in [-0.3, -0.25) is 9.59 Å². The summed E-state index contributed by atoms with van der Waals surface area (Å²) in [6.07, 6.45) is 0.239. The van der Waals surface area contributed by atoms with Gasteiger partial charge in [-0.05, 0) is 19.3 Å². The molecule has 3 atom stereocenters. The van der Waals surface area contributed by atoms with Crippen LogP contribution in [-0.4, -0.2) is 45.2 Å². The van der Waals surface area contributed by atoms with Gasteiger partial charge in [-0.2, -0.15) is 0 Å². The number of hydrogen-bond donors (Lipinski definition) is 1. The first-order valence-corrected chi connectivity index (χ1v) is 9.95. The number of esters is 1. The third kappa shape index (κ3) is 4.36. The zero-order valence-electron chi connectivity index (χ0n) is 15.7. The van der Waals surface area contributed by atoms with Crippen molar-refractivity contribution in [3.63, 3.8) is 0 Å². The van der Waals surface area contributed by atoms with Gasteiger partial charge in [0, 0.05) is 17.4 Å². The Morgan fingerprint density at radius 3 is 2.67 bits per heavy atom. The number of benzene rings is 1. The van der Waals surface area contributed by atoms with E-state index in [1.165, 1.54) is 11.3 Å². The highest BCUT2D eigenvalue weighted by atomic mass is 32.1. The van der Waals surface area contributed by atoms with E-state index in [9.17, 15) is 14.7 Å². The predicted molar refractivity (Wildman–Crippen MR) is 103 cm³/mol. The lowest BCUT2D eigenvalue weighted by Gasteiger charge is -2.30. The summed E-state index contributed by atoms with van der Waals surface area (Å²) in [5.74, 6) is -1.05. The quantitative estimate of drug-likeness (QED) is 0.732. The molecule has 1 aromatic carbocycles. The zero-order chi connectivity index (χ0) is 19.6. The monoisotopic (exact) mass is 388 g/mol. The maximum atomic E-state index is 12.2. The molecule has 0 aliphatic carbocycles. The number of nitrogens with zero attached hydrogens (tertiary/aromatic N) is 2. The topological polar surface area (TPSA) is 79.7 Å². The number of thiazole rings is 1. The predicted octanol–water partition coefficient (Wildman–Crippen LogP) is 3.43. The van der Waals surface area contributed by atoms with Crippen molar-refractivity contribution in [1.29, 1.82) is 0 Å². The Kier molecular flexibility index (Phi) is 5.92. The second-order valence-electron chi connectivity index (χ2n) is 7.20. The van der Waals surface area contributed by atoms with Crippen molar-refractivity contribution < 1.29 is 19.4 Å². The molecule has 1 aromatic heterocycles. The molecule has 1 saturated heterocycles. The molecule has 7 heteroatoms. The largest absolute Gasteiger partial charge is 0.480 e. The van der Waals surface area contributed by atoms with E-state index < -0.39 is 24.3 Å². The molecule has 1 N–H and O–H groups in total. The Labute approximate surface area is 162 Å². The fourth-order valence-corrected chi connectivity index (χ4v) is 4.29. The lowest BCUT2D eigenvalue weighted by atomic mass is 10.00. The summed E-state index contributed by atoms with van der Waals surface area (Å²) in [6.45, 7) is 5.75. The highest BCUT2D eigenvalue weighted by Crippen LogP contribution is 2.29. The smallest absolute Gasteiger partial charge is 0.325 e. The highest BCUT2D eigenvalue weighted by molar-refractivity contribution is 7.13. The summed E-state index contributed by atoms with van der Waals surface area (Å²) in [5.41, 5.74) is 1.72. The average molecular weight is 388 g/mol. The Morgan fingerprint density at radius 2 is 2.04 bits per heavy atom. The number of cyclic esters (lactones) is 1. The number of carboxylic acids is 1.